The second kappa shape index (κ2) is 6.67. The third-order valence-electron chi connectivity index (χ3n) is 3.67. The molecule has 0 aliphatic carbocycles. The Hall–Kier alpha value is -0.950. The smallest absolute Gasteiger partial charge is 0.327 e. The van der Waals surface area contributed by atoms with Crippen LogP contribution in [0.5, 0.6) is 0 Å². The van der Waals surface area contributed by atoms with Gasteiger partial charge in [-0.05, 0) is 19.8 Å². The van der Waals surface area contributed by atoms with Crippen LogP contribution in [-0.2, 0) is 9.53 Å². The lowest BCUT2D eigenvalue weighted by molar-refractivity contribution is -0.141. The first-order valence-electron chi connectivity index (χ1n) is 7.07. The molecule has 0 aromatic carbocycles. The summed E-state index contributed by atoms with van der Waals surface area (Å²) in [5.41, 5.74) is 0. The quantitative estimate of drug-likeness (QED) is 0.836. The molecule has 3 unspecified atom stereocenters. The second-order valence-electron chi connectivity index (χ2n) is 5.22. The Morgan fingerprint density at radius 2 is 2.20 bits per heavy atom. The summed E-state index contributed by atoms with van der Waals surface area (Å²) in [6.45, 7) is 5.74. The van der Waals surface area contributed by atoms with Crippen molar-refractivity contribution in [2.75, 3.05) is 25.4 Å². The lowest BCUT2D eigenvalue weighted by Crippen LogP contribution is -2.52. The van der Waals surface area contributed by atoms with Gasteiger partial charge in [0.05, 0.1) is 11.5 Å². The van der Waals surface area contributed by atoms with Crippen LogP contribution in [0.2, 0.25) is 0 Å². The molecule has 1 N–H and O–H groups in total. The highest BCUT2D eigenvalue weighted by atomic mass is 32.2. The van der Waals surface area contributed by atoms with E-state index in [1.165, 1.54) is 0 Å². The molecule has 2 saturated heterocycles. The molecule has 2 amide bonds. The predicted octanol–water partition coefficient (Wildman–Crippen LogP) is 1.46. The Bertz CT molecular complexity index is 379. The fourth-order valence-electron chi connectivity index (χ4n) is 2.66. The largest absolute Gasteiger partial charge is 0.480 e. The van der Waals surface area contributed by atoms with Gasteiger partial charge in [0.1, 0.15) is 6.04 Å². The molecular formula is C13H22N2O4S. The van der Waals surface area contributed by atoms with Crippen LogP contribution in [0, 0.1) is 0 Å². The van der Waals surface area contributed by atoms with Crippen molar-refractivity contribution in [2.24, 2.45) is 0 Å². The van der Waals surface area contributed by atoms with Crippen LogP contribution in [-0.4, -0.2) is 69.9 Å². The monoisotopic (exact) mass is 302 g/mol. The lowest BCUT2D eigenvalue weighted by Gasteiger charge is -2.33. The molecule has 0 aromatic rings. The van der Waals surface area contributed by atoms with Gasteiger partial charge in [-0.25, -0.2) is 9.59 Å². The summed E-state index contributed by atoms with van der Waals surface area (Å²) in [4.78, 5) is 27.3. The zero-order valence-corrected chi connectivity index (χ0v) is 12.8. The van der Waals surface area contributed by atoms with Crippen LogP contribution in [0.4, 0.5) is 4.79 Å². The van der Waals surface area contributed by atoms with Crippen LogP contribution in [0.25, 0.3) is 0 Å². The van der Waals surface area contributed by atoms with Crippen molar-refractivity contribution in [3.8, 4) is 0 Å². The van der Waals surface area contributed by atoms with Crippen molar-refractivity contribution in [3.05, 3.63) is 0 Å². The molecule has 2 fully saturated rings. The molecule has 7 heteroatoms. The van der Waals surface area contributed by atoms with Gasteiger partial charge >= 0.3 is 12.0 Å². The highest BCUT2D eigenvalue weighted by Gasteiger charge is 2.42. The summed E-state index contributed by atoms with van der Waals surface area (Å²) in [5.74, 6) is -0.444. The van der Waals surface area contributed by atoms with Gasteiger partial charge in [0, 0.05) is 25.4 Å². The van der Waals surface area contributed by atoms with Crippen molar-refractivity contribution in [2.45, 2.75) is 44.2 Å². The number of carboxylic acids is 1. The Labute approximate surface area is 123 Å². The number of carbonyl (C=O) groups is 2. The molecule has 6 nitrogen and oxygen atoms in total. The van der Waals surface area contributed by atoms with Gasteiger partial charge in [0.2, 0.25) is 0 Å². The van der Waals surface area contributed by atoms with E-state index in [0.717, 1.165) is 12.8 Å². The van der Waals surface area contributed by atoms with Crippen LogP contribution < -0.4 is 0 Å². The van der Waals surface area contributed by atoms with Crippen molar-refractivity contribution >= 4 is 23.8 Å². The molecular weight excluding hydrogens is 280 g/mol. The Morgan fingerprint density at radius 1 is 1.45 bits per heavy atom. The zero-order valence-electron chi connectivity index (χ0n) is 11.9. The van der Waals surface area contributed by atoms with Crippen LogP contribution in [0.15, 0.2) is 0 Å². The van der Waals surface area contributed by atoms with Gasteiger partial charge in [0.25, 0.3) is 0 Å². The number of aliphatic carboxylic acids is 1. The summed E-state index contributed by atoms with van der Waals surface area (Å²) >= 11 is 1.55. The first kappa shape index (κ1) is 15.4. The molecule has 0 aromatic heterocycles. The number of ether oxygens (including phenoxy) is 1. The van der Waals surface area contributed by atoms with E-state index in [9.17, 15) is 14.7 Å². The van der Waals surface area contributed by atoms with E-state index in [-0.39, 0.29) is 17.5 Å². The summed E-state index contributed by atoms with van der Waals surface area (Å²) in [7, 11) is 0. The number of hydrogen-bond acceptors (Lipinski definition) is 4. The zero-order chi connectivity index (χ0) is 14.7. The maximum absolute atomic E-state index is 12.7. The standard InChI is InChI=1S/C13H22N2O4S/c1-3-11-15(10(8-20-11)12(16)17)13(18)14-5-4-6-19-9(2)7-14/h9-11H,3-8H2,1-2H3,(H,16,17). The minimum atomic E-state index is -0.916. The number of carbonyl (C=O) groups excluding carboxylic acids is 1. The van der Waals surface area contributed by atoms with Crippen LogP contribution >= 0.6 is 11.8 Å². The third-order valence-corrected chi connectivity index (χ3v) is 5.12. The van der Waals surface area contributed by atoms with Gasteiger partial charge in [-0.1, -0.05) is 6.92 Å². The minimum absolute atomic E-state index is 0.0000562. The van der Waals surface area contributed by atoms with Gasteiger partial charge in [0.15, 0.2) is 0 Å². The number of carboxylic acid groups (broad SMARTS) is 1. The molecule has 0 radical (unpaired) electrons. The van der Waals surface area contributed by atoms with Gasteiger partial charge in [-0.3, -0.25) is 4.90 Å². The number of hydrogen-bond donors (Lipinski definition) is 1. The summed E-state index contributed by atoms with van der Waals surface area (Å²) < 4.78 is 5.54. The highest BCUT2D eigenvalue weighted by molar-refractivity contribution is 8.00. The average Bonchev–Trinajstić information content (AvgIpc) is 2.73. The normalized spacial score (nSPS) is 31.2. The summed E-state index contributed by atoms with van der Waals surface area (Å²) in [5, 5.41) is 9.26. The fraction of sp³-hybridized carbons (Fsp3) is 0.846. The maximum atomic E-state index is 12.7. The molecule has 2 rings (SSSR count). The van der Waals surface area contributed by atoms with Crippen LogP contribution in [0.3, 0.4) is 0 Å². The summed E-state index contributed by atoms with van der Waals surface area (Å²) in [6.07, 6.45) is 1.56. The van der Waals surface area contributed by atoms with E-state index < -0.39 is 12.0 Å². The topological polar surface area (TPSA) is 70.1 Å². The first-order chi connectivity index (χ1) is 9.54. The predicted molar refractivity (Wildman–Crippen MR) is 76.8 cm³/mol. The number of rotatable bonds is 2. The van der Waals surface area contributed by atoms with Crippen LogP contribution in [0.1, 0.15) is 26.7 Å². The van der Waals surface area contributed by atoms with Crippen molar-refractivity contribution in [3.63, 3.8) is 0 Å². The van der Waals surface area contributed by atoms with Crippen molar-refractivity contribution in [1.82, 2.24) is 9.80 Å². The molecule has 20 heavy (non-hydrogen) atoms. The number of nitrogens with zero attached hydrogens (tertiary/aromatic N) is 2. The summed E-state index contributed by atoms with van der Waals surface area (Å²) in [6, 6.07) is -0.872. The molecule has 2 aliphatic rings. The average molecular weight is 302 g/mol. The van der Waals surface area contributed by atoms with Gasteiger partial charge in [-0.15, -0.1) is 11.8 Å². The molecule has 0 spiro atoms. The van der Waals surface area contributed by atoms with E-state index in [2.05, 4.69) is 0 Å². The number of thioether (sulfide) groups is 1. The van der Waals surface area contributed by atoms with Gasteiger partial charge in [-0.2, -0.15) is 0 Å². The number of urea groups is 1. The molecule has 2 aliphatic heterocycles. The minimum Gasteiger partial charge on any atom is -0.480 e. The maximum Gasteiger partial charge on any atom is 0.327 e. The van der Waals surface area contributed by atoms with E-state index in [1.807, 2.05) is 13.8 Å². The number of amides is 2. The molecule has 0 saturated carbocycles. The Balaban J connectivity index is 2.13. The molecule has 0 bridgehead atoms. The first-order valence-corrected chi connectivity index (χ1v) is 8.12. The van der Waals surface area contributed by atoms with Crippen molar-refractivity contribution in [1.29, 1.82) is 0 Å². The van der Waals surface area contributed by atoms with E-state index >= 15 is 0 Å². The van der Waals surface area contributed by atoms with E-state index in [1.54, 1.807) is 21.6 Å². The SMILES string of the molecule is CCC1SCC(C(=O)O)N1C(=O)N1CCCOC(C)C1. The highest BCUT2D eigenvalue weighted by Crippen LogP contribution is 2.32. The Kier molecular flexibility index (Phi) is 5.15. The van der Waals surface area contributed by atoms with E-state index in [4.69, 9.17) is 4.74 Å². The molecule has 3 atom stereocenters. The third kappa shape index (κ3) is 3.20. The molecule has 2 heterocycles. The second-order valence-corrected chi connectivity index (χ2v) is 6.43. The lowest BCUT2D eigenvalue weighted by atomic mass is 10.2. The Morgan fingerprint density at radius 3 is 2.85 bits per heavy atom. The van der Waals surface area contributed by atoms with E-state index in [0.29, 0.717) is 25.4 Å². The van der Waals surface area contributed by atoms with Crippen molar-refractivity contribution < 1.29 is 19.4 Å². The molecule has 114 valence electrons. The van der Waals surface area contributed by atoms with Gasteiger partial charge < -0.3 is 14.7 Å². The fourth-order valence-corrected chi connectivity index (χ4v) is 4.00.